The van der Waals surface area contributed by atoms with Gasteiger partial charge in [-0.2, -0.15) is 0 Å². The van der Waals surface area contributed by atoms with Gasteiger partial charge in [0.05, 0.1) is 19.1 Å². The van der Waals surface area contributed by atoms with E-state index in [4.69, 9.17) is 4.74 Å². The van der Waals surface area contributed by atoms with Crippen molar-refractivity contribution in [3.8, 4) is 0 Å². The molecule has 2 N–H and O–H groups in total. The first-order chi connectivity index (χ1) is 14.2. The number of methoxy groups -OCH3 is 1. The number of nitrogens with one attached hydrogen (secondary N) is 1. The van der Waals surface area contributed by atoms with Crippen molar-refractivity contribution in [1.29, 1.82) is 0 Å². The molecule has 4 aliphatic rings. The predicted molar refractivity (Wildman–Crippen MR) is 127 cm³/mol. The molecule has 31 heavy (non-hydrogen) atoms. The number of ether oxygens (including phenoxy) is 1. The van der Waals surface area contributed by atoms with Crippen molar-refractivity contribution in [2.24, 2.45) is 46.3 Å². The van der Waals surface area contributed by atoms with E-state index in [-0.39, 0.29) is 35.8 Å². The Morgan fingerprint density at radius 3 is 2.55 bits per heavy atom. The summed E-state index contributed by atoms with van der Waals surface area (Å²) in [6.45, 7) is 10.6. The maximum atomic E-state index is 12.7. The minimum absolute atomic E-state index is 0. The number of carbonyl (C=O) groups is 1. The molecule has 4 aliphatic carbocycles. The number of esters is 1. The van der Waals surface area contributed by atoms with Gasteiger partial charge in [0.25, 0.3) is 0 Å². The molecule has 0 unspecified atom stereocenters. The van der Waals surface area contributed by atoms with E-state index < -0.39 is 0 Å². The lowest BCUT2D eigenvalue weighted by Crippen LogP contribution is -2.62. The Morgan fingerprint density at radius 1 is 1.13 bits per heavy atom. The number of aliphatic hydroxyl groups is 1. The van der Waals surface area contributed by atoms with Gasteiger partial charge in [-0.25, -0.2) is 0 Å². The zero-order chi connectivity index (χ0) is 21.7. The normalized spacial score (nSPS) is 46.5. The van der Waals surface area contributed by atoms with Gasteiger partial charge in [-0.3, -0.25) is 4.79 Å². The molecule has 0 aliphatic heterocycles. The molecular formula is C26H46ClNO3. The summed E-state index contributed by atoms with van der Waals surface area (Å²) in [7, 11) is 1.56. The summed E-state index contributed by atoms with van der Waals surface area (Å²) < 4.78 is 5.26. The van der Waals surface area contributed by atoms with E-state index in [2.05, 4.69) is 33.0 Å². The number of hydrogen-bond donors (Lipinski definition) is 2. The van der Waals surface area contributed by atoms with Crippen LogP contribution in [0.25, 0.3) is 0 Å². The highest BCUT2D eigenvalue weighted by molar-refractivity contribution is 5.85. The largest absolute Gasteiger partial charge is 0.469 e. The molecule has 0 heterocycles. The molecule has 0 bridgehead atoms. The second-order valence-corrected chi connectivity index (χ2v) is 12.1. The highest BCUT2D eigenvalue weighted by Crippen LogP contribution is 2.67. The lowest BCUT2D eigenvalue weighted by atomic mass is 9.43. The first kappa shape index (κ1) is 25.3. The number of aliphatic hydroxyl groups excluding tert-OH is 1. The first-order valence-electron chi connectivity index (χ1n) is 12.7. The van der Waals surface area contributed by atoms with Crippen LogP contribution in [0.2, 0.25) is 0 Å². The summed E-state index contributed by atoms with van der Waals surface area (Å²) in [6, 6.07) is 0.475. The molecule has 4 fully saturated rings. The second-order valence-electron chi connectivity index (χ2n) is 12.1. The summed E-state index contributed by atoms with van der Waals surface area (Å²) in [6.07, 6.45) is 10.0. The fraction of sp³-hybridized carbons (Fsp3) is 0.962. The molecule has 180 valence electrons. The summed E-state index contributed by atoms with van der Waals surface area (Å²) in [5.74, 6) is 3.44. The summed E-state index contributed by atoms with van der Waals surface area (Å²) in [5.41, 5.74) is 0.378. The molecular weight excluding hydrogens is 410 g/mol. The monoisotopic (exact) mass is 455 g/mol. The van der Waals surface area contributed by atoms with E-state index in [1.54, 1.807) is 7.11 Å². The highest BCUT2D eigenvalue weighted by atomic mass is 35.5. The van der Waals surface area contributed by atoms with E-state index in [1.807, 2.05) is 0 Å². The van der Waals surface area contributed by atoms with Crippen molar-refractivity contribution in [2.75, 3.05) is 13.7 Å². The summed E-state index contributed by atoms with van der Waals surface area (Å²) >= 11 is 0. The van der Waals surface area contributed by atoms with Crippen LogP contribution in [-0.2, 0) is 9.53 Å². The molecule has 0 spiro atoms. The van der Waals surface area contributed by atoms with Crippen LogP contribution in [0.4, 0.5) is 0 Å². The average Bonchev–Trinajstić information content (AvgIpc) is 3.04. The molecule has 9 atom stereocenters. The average molecular weight is 456 g/mol. The third-order valence-corrected chi connectivity index (χ3v) is 10.2. The van der Waals surface area contributed by atoms with Crippen LogP contribution in [-0.4, -0.2) is 36.9 Å². The fourth-order valence-corrected chi connectivity index (χ4v) is 8.70. The maximum absolute atomic E-state index is 12.7. The quantitative estimate of drug-likeness (QED) is 0.558. The van der Waals surface area contributed by atoms with E-state index in [0.29, 0.717) is 41.0 Å². The van der Waals surface area contributed by atoms with E-state index >= 15 is 0 Å². The van der Waals surface area contributed by atoms with Gasteiger partial charge < -0.3 is 15.2 Å². The molecule has 0 saturated heterocycles. The third-order valence-electron chi connectivity index (χ3n) is 10.2. The third kappa shape index (κ3) is 4.30. The van der Waals surface area contributed by atoms with Crippen LogP contribution in [0.15, 0.2) is 0 Å². The highest BCUT2D eigenvalue weighted by Gasteiger charge is 2.64. The van der Waals surface area contributed by atoms with E-state index in [9.17, 15) is 9.90 Å². The van der Waals surface area contributed by atoms with E-state index in [0.717, 1.165) is 38.6 Å². The molecule has 4 rings (SSSR count). The minimum Gasteiger partial charge on any atom is -0.469 e. The summed E-state index contributed by atoms with van der Waals surface area (Å²) in [5, 5.41) is 14.4. The van der Waals surface area contributed by atoms with Crippen LogP contribution in [0, 0.1) is 46.3 Å². The van der Waals surface area contributed by atoms with Crippen LogP contribution < -0.4 is 5.32 Å². The zero-order valence-electron chi connectivity index (χ0n) is 20.4. The Bertz CT molecular complexity index is 642. The van der Waals surface area contributed by atoms with Gasteiger partial charge in [0, 0.05) is 6.04 Å². The minimum atomic E-state index is -0.101. The molecule has 4 saturated carbocycles. The van der Waals surface area contributed by atoms with Crippen LogP contribution >= 0.6 is 12.4 Å². The molecule has 5 heteroatoms. The maximum Gasteiger partial charge on any atom is 0.309 e. The van der Waals surface area contributed by atoms with Gasteiger partial charge in [-0.15, -0.1) is 12.4 Å². The predicted octanol–water partition coefficient (Wildman–Crippen LogP) is 5.22. The number of halogens is 1. The molecule has 0 aromatic carbocycles. The van der Waals surface area contributed by atoms with Crippen LogP contribution in [0.1, 0.15) is 85.5 Å². The Hall–Kier alpha value is -0.320. The smallest absolute Gasteiger partial charge is 0.309 e. The molecule has 0 aromatic rings. The Kier molecular flexibility index (Phi) is 7.76. The number of fused-ring (bicyclic) bond motifs is 5. The molecule has 0 radical (unpaired) electrons. The van der Waals surface area contributed by atoms with Gasteiger partial charge in [-0.05, 0) is 105 Å². The SMILES string of the molecule is COC(=O)[C@H]1CC[C@H]2[C@@H]3CC[C@H]4C[C@@H](O)CC[C@]4(C)[C@H]3[C@H](NCCC(C)C)C[C@]12C.Cl. The first-order valence-corrected chi connectivity index (χ1v) is 12.7. The molecule has 0 amide bonds. The van der Waals surface area contributed by atoms with Gasteiger partial charge >= 0.3 is 5.97 Å². The lowest BCUT2D eigenvalue weighted by Gasteiger charge is -2.63. The van der Waals surface area contributed by atoms with Crippen molar-refractivity contribution in [3.63, 3.8) is 0 Å². The zero-order valence-corrected chi connectivity index (χ0v) is 21.2. The molecule has 4 nitrogen and oxygen atoms in total. The summed E-state index contributed by atoms with van der Waals surface area (Å²) in [4.78, 5) is 12.7. The molecule has 0 aromatic heterocycles. The van der Waals surface area contributed by atoms with E-state index in [1.165, 1.54) is 25.7 Å². The number of carbonyl (C=O) groups excluding carboxylic acids is 1. The van der Waals surface area contributed by atoms with Crippen molar-refractivity contribution in [2.45, 2.75) is 97.6 Å². The van der Waals surface area contributed by atoms with Crippen molar-refractivity contribution < 1.29 is 14.6 Å². The number of hydrogen-bond acceptors (Lipinski definition) is 4. The second kappa shape index (κ2) is 9.50. The van der Waals surface area contributed by atoms with Crippen molar-refractivity contribution >= 4 is 18.4 Å². The standard InChI is InChI=1S/C26H45NO3.ClH/c1-16(2)11-13-27-22-15-26(4)20(8-9-21(26)24(29)30-5)19-7-6-17-14-18(28)10-12-25(17,3)23(19)22;/h16-23,27-28H,6-15H2,1-5H3;1H/t17-,18-,19-,20-,21+,22+,23+,25-,26-;/m0./s1. The van der Waals surface area contributed by atoms with Crippen molar-refractivity contribution in [1.82, 2.24) is 5.32 Å². The van der Waals surface area contributed by atoms with Crippen LogP contribution in [0.3, 0.4) is 0 Å². The van der Waals surface area contributed by atoms with Crippen LogP contribution in [0.5, 0.6) is 0 Å². The number of rotatable bonds is 5. The Balaban J connectivity index is 0.00000272. The fourth-order valence-electron chi connectivity index (χ4n) is 8.70. The van der Waals surface area contributed by atoms with Gasteiger partial charge in [0.2, 0.25) is 0 Å². The Labute approximate surface area is 196 Å². The van der Waals surface area contributed by atoms with Gasteiger partial charge in [0.15, 0.2) is 0 Å². The lowest BCUT2D eigenvalue weighted by molar-refractivity contribution is -0.161. The topological polar surface area (TPSA) is 58.6 Å². The van der Waals surface area contributed by atoms with Crippen molar-refractivity contribution in [3.05, 3.63) is 0 Å². The Morgan fingerprint density at radius 2 is 1.87 bits per heavy atom. The van der Waals surface area contributed by atoms with Gasteiger partial charge in [0.1, 0.15) is 0 Å². The van der Waals surface area contributed by atoms with Gasteiger partial charge in [-0.1, -0.05) is 27.7 Å².